The molecule has 0 aliphatic rings. The van der Waals surface area contributed by atoms with Crippen molar-refractivity contribution >= 4 is 66.2 Å². The summed E-state index contributed by atoms with van der Waals surface area (Å²) in [5.74, 6) is -0.239. The second-order valence-electron chi connectivity index (χ2n) is 4.42. The highest BCUT2D eigenvalue weighted by Crippen LogP contribution is 2.34. The van der Waals surface area contributed by atoms with Gasteiger partial charge in [-0.25, -0.2) is 0 Å². The zero-order valence-corrected chi connectivity index (χ0v) is 13.8. The summed E-state index contributed by atoms with van der Waals surface area (Å²) in [4.78, 5) is 12.9. The number of amides is 1. The molecule has 0 unspecified atom stereocenters. The Balaban J connectivity index is 1.97. The summed E-state index contributed by atoms with van der Waals surface area (Å²) in [6, 6.07) is 12.9. The summed E-state index contributed by atoms with van der Waals surface area (Å²) in [6.45, 7) is 0. The third-order valence-electron chi connectivity index (χ3n) is 3.02. The molecule has 3 rings (SSSR count). The number of nitrogens with two attached hydrogens (primary N) is 1. The Kier molecular flexibility index (Phi) is 3.89. The molecule has 1 aromatic heterocycles. The Morgan fingerprint density at radius 2 is 2.00 bits per heavy atom. The van der Waals surface area contributed by atoms with Crippen LogP contribution in [0.5, 0.6) is 0 Å². The van der Waals surface area contributed by atoms with Gasteiger partial charge in [-0.1, -0.05) is 29.8 Å². The van der Waals surface area contributed by atoms with Gasteiger partial charge in [0.15, 0.2) is 0 Å². The molecule has 21 heavy (non-hydrogen) atoms. The van der Waals surface area contributed by atoms with Crippen molar-refractivity contribution in [1.29, 1.82) is 0 Å². The third kappa shape index (κ3) is 2.77. The van der Waals surface area contributed by atoms with E-state index < -0.39 is 0 Å². The molecule has 0 fully saturated rings. The predicted octanol–water partition coefficient (Wildman–Crippen LogP) is 5.15. The molecule has 0 bridgehead atoms. The van der Waals surface area contributed by atoms with Crippen molar-refractivity contribution in [3.63, 3.8) is 0 Å². The van der Waals surface area contributed by atoms with Crippen molar-refractivity contribution in [2.24, 2.45) is 0 Å². The second kappa shape index (κ2) is 5.67. The van der Waals surface area contributed by atoms with Gasteiger partial charge in [0.25, 0.3) is 5.91 Å². The summed E-state index contributed by atoms with van der Waals surface area (Å²) in [5, 5.41) is 4.28. The second-order valence-corrected chi connectivity index (χ2v) is 6.76. The molecule has 0 spiro atoms. The number of hydrogen-bond donors (Lipinski definition) is 2. The molecule has 3 N–H and O–H groups in total. The van der Waals surface area contributed by atoms with E-state index in [4.69, 9.17) is 17.3 Å². The van der Waals surface area contributed by atoms with Crippen LogP contribution in [-0.2, 0) is 0 Å². The first-order valence-electron chi connectivity index (χ1n) is 6.09. The highest BCUT2D eigenvalue weighted by Gasteiger charge is 2.17. The first-order valence-corrected chi connectivity index (χ1v) is 8.08. The lowest BCUT2D eigenvalue weighted by molar-refractivity contribution is 0.103. The van der Waals surface area contributed by atoms with Crippen LogP contribution < -0.4 is 11.1 Å². The summed E-state index contributed by atoms with van der Waals surface area (Å²) in [5.41, 5.74) is 7.19. The van der Waals surface area contributed by atoms with Crippen molar-refractivity contribution in [2.45, 2.75) is 0 Å². The van der Waals surface area contributed by atoms with E-state index in [0.717, 1.165) is 14.6 Å². The Hall–Kier alpha value is -1.56. The van der Waals surface area contributed by atoms with Gasteiger partial charge in [-0.3, -0.25) is 4.79 Å². The van der Waals surface area contributed by atoms with Crippen LogP contribution in [0.4, 0.5) is 11.4 Å². The Morgan fingerprint density at radius 3 is 2.76 bits per heavy atom. The van der Waals surface area contributed by atoms with Gasteiger partial charge in [-0.2, -0.15) is 0 Å². The molecule has 1 heterocycles. The average Bonchev–Trinajstić information content (AvgIpc) is 2.81. The van der Waals surface area contributed by atoms with Gasteiger partial charge >= 0.3 is 0 Å². The first-order chi connectivity index (χ1) is 10.1. The number of carbonyl (C=O) groups excluding carboxylic acids is 1. The maximum absolute atomic E-state index is 12.4. The summed E-state index contributed by atoms with van der Waals surface area (Å²) in [7, 11) is 0. The van der Waals surface area contributed by atoms with Gasteiger partial charge in [0, 0.05) is 19.6 Å². The number of fused-ring (bicyclic) bond motifs is 1. The molecule has 1 amide bonds. The molecule has 6 heteroatoms. The minimum absolute atomic E-state index is 0.239. The van der Waals surface area contributed by atoms with E-state index in [-0.39, 0.29) is 5.91 Å². The molecule has 0 aliphatic heterocycles. The van der Waals surface area contributed by atoms with Crippen LogP contribution in [0.25, 0.3) is 10.1 Å². The van der Waals surface area contributed by atoms with Crippen LogP contribution in [0, 0.1) is 0 Å². The molecule has 3 nitrogen and oxygen atoms in total. The van der Waals surface area contributed by atoms with E-state index in [0.29, 0.717) is 21.3 Å². The Labute approximate surface area is 138 Å². The number of thiophene rings is 1. The zero-order valence-electron chi connectivity index (χ0n) is 10.7. The fourth-order valence-corrected chi connectivity index (χ4v) is 3.54. The van der Waals surface area contributed by atoms with E-state index in [1.54, 1.807) is 18.2 Å². The lowest BCUT2D eigenvalue weighted by atomic mass is 10.2. The van der Waals surface area contributed by atoms with E-state index in [2.05, 4.69) is 21.2 Å². The lowest BCUT2D eigenvalue weighted by Crippen LogP contribution is -2.12. The fraction of sp³-hybridized carbons (Fsp3) is 0. The van der Waals surface area contributed by atoms with Crippen LogP contribution in [-0.4, -0.2) is 5.91 Å². The van der Waals surface area contributed by atoms with E-state index >= 15 is 0 Å². The number of anilines is 2. The van der Waals surface area contributed by atoms with Crippen LogP contribution in [0.1, 0.15) is 9.67 Å². The molecule has 0 saturated heterocycles. The van der Waals surface area contributed by atoms with Crippen molar-refractivity contribution in [3.8, 4) is 0 Å². The highest BCUT2D eigenvalue weighted by atomic mass is 79.9. The van der Waals surface area contributed by atoms with Crippen molar-refractivity contribution in [2.75, 3.05) is 11.1 Å². The maximum Gasteiger partial charge on any atom is 0.267 e. The Morgan fingerprint density at radius 1 is 1.24 bits per heavy atom. The molecule has 3 aromatic rings. The van der Waals surface area contributed by atoms with Gasteiger partial charge in [0.1, 0.15) is 4.88 Å². The number of nitrogens with one attached hydrogen (secondary N) is 1. The molecule has 106 valence electrons. The quantitative estimate of drug-likeness (QED) is 0.645. The molecular weight excluding hydrogens is 372 g/mol. The number of carbonyl (C=O) groups is 1. The van der Waals surface area contributed by atoms with Crippen LogP contribution >= 0.6 is 38.9 Å². The third-order valence-corrected chi connectivity index (χ3v) is 5.13. The lowest BCUT2D eigenvalue weighted by Gasteiger charge is -2.07. The molecule has 0 aliphatic carbocycles. The number of rotatable bonds is 2. The number of benzene rings is 2. The monoisotopic (exact) mass is 380 g/mol. The number of hydrogen-bond acceptors (Lipinski definition) is 3. The Bertz CT molecular complexity index is 847. The largest absolute Gasteiger partial charge is 0.397 e. The normalized spacial score (nSPS) is 10.8. The molecular formula is C15H10BrClN2OS. The maximum atomic E-state index is 12.4. The van der Waals surface area contributed by atoms with Crippen LogP contribution in [0.15, 0.2) is 46.9 Å². The van der Waals surface area contributed by atoms with Gasteiger partial charge in [0.05, 0.1) is 11.4 Å². The molecule has 0 radical (unpaired) electrons. The standard InChI is InChI=1S/C15H10BrClN2OS/c16-10-6-5-8(17)7-11(10)19-15(20)14-13(18)9-3-1-2-4-12(9)21-14/h1-7H,18H2,(H,19,20). The fourth-order valence-electron chi connectivity index (χ4n) is 2.01. The number of halogens is 2. The van der Waals surface area contributed by atoms with Crippen molar-refractivity contribution in [3.05, 3.63) is 56.8 Å². The van der Waals surface area contributed by atoms with Gasteiger partial charge < -0.3 is 11.1 Å². The summed E-state index contributed by atoms with van der Waals surface area (Å²) >= 11 is 10.7. The van der Waals surface area contributed by atoms with Gasteiger partial charge in [-0.05, 0) is 40.2 Å². The first kappa shape index (κ1) is 14.4. The van der Waals surface area contributed by atoms with Gasteiger partial charge in [0.2, 0.25) is 0 Å². The minimum Gasteiger partial charge on any atom is -0.397 e. The van der Waals surface area contributed by atoms with E-state index in [9.17, 15) is 4.79 Å². The summed E-state index contributed by atoms with van der Waals surface area (Å²) < 4.78 is 1.75. The average molecular weight is 382 g/mol. The van der Waals surface area contributed by atoms with Gasteiger partial charge in [-0.15, -0.1) is 11.3 Å². The van der Waals surface area contributed by atoms with Crippen molar-refractivity contribution < 1.29 is 4.79 Å². The molecule has 0 saturated carbocycles. The smallest absolute Gasteiger partial charge is 0.267 e. The molecule has 0 atom stereocenters. The number of nitrogen functional groups attached to an aromatic ring is 1. The van der Waals surface area contributed by atoms with Crippen molar-refractivity contribution in [1.82, 2.24) is 0 Å². The zero-order chi connectivity index (χ0) is 15.0. The van der Waals surface area contributed by atoms with Crippen LogP contribution in [0.3, 0.4) is 0 Å². The molecule has 2 aromatic carbocycles. The topological polar surface area (TPSA) is 55.1 Å². The van der Waals surface area contributed by atoms with E-state index in [1.165, 1.54) is 11.3 Å². The highest BCUT2D eigenvalue weighted by molar-refractivity contribution is 9.10. The van der Waals surface area contributed by atoms with E-state index in [1.807, 2.05) is 24.3 Å². The predicted molar refractivity (Wildman–Crippen MR) is 93.3 cm³/mol. The summed E-state index contributed by atoms with van der Waals surface area (Å²) in [6.07, 6.45) is 0. The minimum atomic E-state index is -0.239. The SMILES string of the molecule is Nc1c(C(=O)Nc2cc(Cl)ccc2Br)sc2ccccc12. The van der Waals surface area contributed by atoms with Crippen LogP contribution in [0.2, 0.25) is 5.02 Å².